The van der Waals surface area contributed by atoms with Gasteiger partial charge in [-0.15, -0.1) is 0 Å². The summed E-state index contributed by atoms with van der Waals surface area (Å²) in [6, 6.07) is -3.36. The zero-order chi connectivity index (χ0) is 30.6. The van der Waals surface area contributed by atoms with Crippen LogP contribution >= 0.6 is 0 Å². The number of aliphatic hydroxyl groups excluding tert-OH is 7. The van der Waals surface area contributed by atoms with Gasteiger partial charge in [0.2, 0.25) is 0 Å². The minimum Gasteiger partial charge on any atom is -0.394 e. The molecule has 3 rings (SSSR count). The van der Waals surface area contributed by atoms with Crippen LogP contribution in [-0.2, 0) is 18.9 Å². The van der Waals surface area contributed by atoms with Gasteiger partial charge in [-0.05, 0) is 25.2 Å². The molecule has 18 heteroatoms. The number of guanidine groups is 1. The maximum atomic E-state index is 11.5. The molecule has 19 N–H and O–H groups in total. The van der Waals surface area contributed by atoms with Gasteiger partial charge in [-0.1, -0.05) is 0 Å². The standard InChI is InChI=1S/C23H47N7O11/c24-4-8(32)2-1-7-3-9(26)20(41-21-13(30-23(28)29)17(36)15(34)10(5-25)38-21)18(37)19(7)40-22-16(35)12(27)14(33)11(6-31)39-22/h7-22,31-37H,1-6,24-27H2,(H4,28,29,30)/t7-,8?,9+,10-,11-,12+,13-,14-,15-,16-,17-,18-,19+,20?,21-,22-/m1/s1. The van der Waals surface area contributed by atoms with Gasteiger partial charge in [0.1, 0.15) is 54.9 Å². The number of aliphatic imine (C=N–C) groups is 1. The molecule has 3 fully saturated rings. The van der Waals surface area contributed by atoms with Gasteiger partial charge in [0, 0.05) is 19.1 Å². The van der Waals surface area contributed by atoms with Crippen LogP contribution in [0.2, 0.25) is 0 Å². The Labute approximate surface area is 237 Å². The summed E-state index contributed by atoms with van der Waals surface area (Å²) in [6.07, 6.45) is -14.9. The average molecular weight is 598 g/mol. The fourth-order valence-electron chi connectivity index (χ4n) is 5.59. The topological polar surface area (TPSA) is 347 Å². The van der Waals surface area contributed by atoms with Gasteiger partial charge in [0.05, 0.1) is 24.9 Å². The van der Waals surface area contributed by atoms with E-state index in [4.69, 9.17) is 53.3 Å². The molecule has 0 aromatic heterocycles. The third kappa shape index (κ3) is 7.80. The molecule has 18 nitrogen and oxygen atoms in total. The number of nitrogens with zero attached hydrogens (tertiary/aromatic N) is 1. The number of aliphatic hydroxyl groups is 7. The van der Waals surface area contributed by atoms with E-state index in [9.17, 15) is 35.7 Å². The molecule has 0 aromatic carbocycles. The van der Waals surface area contributed by atoms with Gasteiger partial charge in [0.25, 0.3) is 0 Å². The number of nitrogens with two attached hydrogens (primary N) is 6. The van der Waals surface area contributed by atoms with Crippen molar-refractivity contribution in [2.24, 2.45) is 45.3 Å². The molecule has 16 atom stereocenters. The zero-order valence-corrected chi connectivity index (χ0v) is 22.7. The van der Waals surface area contributed by atoms with Crippen LogP contribution in [0.4, 0.5) is 0 Å². The molecule has 240 valence electrons. The summed E-state index contributed by atoms with van der Waals surface area (Å²) < 4.78 is 23.4. The second kappa shape index (κ2) is 14.9. The van der Waals surface area contributed by atoms with E-state index in [0.717, 1.165) is 0 Å². The molecular weight excluding hydrogens is 550 g/mol. The van der Waals surface area contributed by atoms with E-state index in [1.807, 2.05) is 0 Å². The second-order valence-corrected chi connectivity index (χ2v) is 10.9. The van der Waals surface area contributed by atoms with Crippen LogP contribution < -0.4 is 34.4 Å². The van der Waals surface area contributed by atoms with Crippen LogP contribution in [0, 0.1) is 5.92 Å². The third-order valence-electron chi connectivity index (χ3n) is 8.00. The molecular formula is C23H47N7O11. The van der Waals surface area contributed by atoms with Gasteiger partial charge in [-0.25, -0.2) is 4.99 Å². The van der Waals surface area contributed by atoms with Gasteiger partial charge in [-0.2, -0.15) is 0 Å². The third-order valence-corrected chi connectivity index (χ3v) is 8.00. The molecule has 41 heavy (non-hydrogen) atoms. The minimum absolute atomic E-state index is 0.00957. The number of rotatable bonds is 11. The Bertz CT molecular complexity index is 844. The summed E-state index contributed by atoms with van der Waals surface area (Å²) in [5.74, 6) is -0.921. The highest BCUT2D eigenvalue weighted by molar-refractivity contribution is 5.76. The summed E-state index contributed by atoms with van der Waals surface area (Å²) in [5, 5.41) is 73.1. The fraction of sp³-hybridized carbons (Fsp3) is 0.957. The minimum atomic E-state index is -1.53. The molecule has 0 spiro atoms. The monoisotopic (exact) mass is 597 g/mol. The molecule has 0 bridgehead atoms. The quantitative estimate of drug-likeness (QED) is 0.0776. The molecule has 0 radical (unpaired) electrons. The first kappa shape index (κ1) is 34.2. The van der Waals surface area contributed by atoms with Crippen molar-refractivity contribution in [1.82, 2.24) is 0 Å². The molecule has 2 unspecified atom stereocenters. The van der Waals surface area contributed by atoms with Crippen molar-refractivity contribution in [3.8, 4) is 0 Å². The maximum Gasteiger partial charge on any atom is 0.186 e. The first-order valence-electron chi connectivity index (χ1n) is 13.7. The van der Waals surface area contributed by atoms with Crippen molar-refractivity contribution in [2.75, 3.05) is 19.7 Å². The Balaban J connectivity index is 1.87. The lowest BCUT2D eigenvalue weighted by Crippen LogP contribution is -2.66. The summed E-state index contributed by atoms with van der Waals surface area (Å²) in [6.45, 7) is -0.785. The second-order valence-electron chi connectivity index (χ2n) is 10.9. The van der Waals surface area contributed by atoms with E-state index in [0.29, 0.717) is 6.42 Å². The predicted molar refractivity (Wildman–Crippen MR) is 141 cm³/mol. The van der Waals surface area contributed by atoms with Crippen molar-refractivity contribution in [2.45, 2.75) is 111 Å². The van der Waals surface area contributed by atoms with E-state index in [1.165, 1.54) is 0 Å². The first-order chi connectivity index (χ1) is 19.3. The Kier molecular flexibility index (Phi) is 12.4. The molecule has 2 aliphatic heterocycles. The van der Waals surface area contributed by atoms with Crippen LogP contribution in [-0.4, -0.2) is 153 Å². The van der Waals surface area contributed by atoms with Crippen molar-refractivity contribution < 1.29 is 54.7 Å². The zero-order valence-electron chi connectivity index (χ0n) is 22.7. The molecule has 0 aromatic rings. The summed E-state index contributed by atoms with van der Waals surface area (Å²) in [5.41, 5.74) is 34.6. The summed E-state index contributed by atoms with van der Waals surface area (Å²) in [4.78, 5) is 3.93. The molecule has 1 saturated carbocycles. The van der Waals surface area contributed by atoms with Gasteiger partial charge < -0.3 is 89.1 Å². The fourth-order valence-corrected chi connectivity index (χ4v) is 5.59. The largest absolute Gasteiger partial charge is 0.394 e. The first-order valence-corrected chi connectivity index (χ1v) is 13.7. The van der Waals surface area contributed by atoms with E-state index in [1.54, 1.807) is 0 Å². The Morgan fingerprint density at radius 2 is 1.49 bits per heavy atom. The highest BCUT2D eigenvalue weighted by Crippen LogP contribution is 2.37. The maximum absolute atomic E-state index is 11.5. The van der Waals surface area contributed by atoms with E-state index >= 15 is 0 Å². The molecule has 0 amide bonds. The van der Waals surface area contributed by atoms with E-state index in [2.05, 4.69) is 4.99 Å². The Hall–Kier alpha value is -1.33. The summed E-state index contributed by atoms with van der Waals surface area (Å²) >= 11 is 0. The van der Waals surface area contributed by atoms with Crippen LogP contribution in [0.15, 0.2) is 4.99 Å². The predicted octanol–water partition coefficient (Wildman–Crippen LogP) is -7.62. The van der Waals surface area contributed by atoms with Crippen LogP contribution in [0.1, 0.15) is 19.3 Å². The van der Waals surface area contributed by atoms with Crippen molar-refractivity contribution >= 4 is 5.96 Å². The average Bonchev–Trinajstić information content (AvgIpc) is 2.94. The lowest BCUT2D eigenvalue weighted by molar-refractivity contribution is -0.323. The molecule has 2 heterocycles. The smallest absolute Gasteiger partial charge is 0.186 e. The van der Waals surface area contributed by atoms with Crippen LogP contribution in [0.3, 0.4) is 0 Å². The molecule has 3 aliphatic rings. The Morgan fingerprint density at radius 1 is 0.854 bits per heavy atom. The summed E-state index contributed by atoms with van der Waals surface area (Å²) in [7, 11) is 0. The van der Waals surface area contributed by atoms with E-state index in [-0.39, 0.29) is 25.9 Å². The van der Waals surface area contributed by atoms with E-state index < -0.39 is 110 Å². The molecule has 2 saturated heterocycles. The van der Waals surface area contributed by atoms with Gasteiger partial charge in [0.15, 0.2) is 18.5 Å². The molecule has 1 aliphatic carbocycles. The SMILES string of the molecule is NCC(O)CC[C@@H]1C[C@H](N)C(O[C@H]2O[C@H](CN)[C@@H](O)[C@H](O)[C@H]2N=C(N)N)[C@H](O)[C@H]1O[C@H]1O[C@H](CO)[C@@H](O)[C@H](N)[C@H]1O. The Morgan fingerprint density at radius 3 is 2.07 bits per heavy atom. The normalized spacial score (nSPS) is 46.2. The number of ether oxygens (including phenoxy) is 4. The lowest BCUT2D eigenvalue weighted by Gasteiger charge is -2.49. The lowest BCUT2D eigenvalue weighted by atomic mass is 9.77. The van der Waals surface area contributed by atoms with Crippen molar-refractivity contribution in [3.05, 3.63) is 0 Å². The number of hydrogen-bond acceptors (Lipinski definition) is 16. The van der Waals surface area contributed by atoms with Crippen LogP contribution in [0.5, 0.6) is 0 Å². The van der Waals surface area contributed by atoms with Crippen molar-refractivity contribution in [3.63, 3.8) is 0 Å². The van der Waals surface area contributed by atoms with Crippen LogP contribution in [0.25, 0.3) is 0 Å². The number of hydrogen-bond donors (Lipinski definition) is 13. The van der Waals surface area contributed by atoms with Gasteiger partial charge >= 0.3 is 0 Å². The highest BCUT2D eigenvalue weighted by atomic mass is 16.7. The van der Waals surface area contributed by atoms with Crippen molar-refractivity contribution in [1.29, 1.82) is 0 Å². The van der Waals surface area contributed by atoms with Gasteiger partial charge in [-0.3, -0.25) is 0 Å². The highest BCUT2D eigenvalue weighted by Gasteiger charge is 2.52.